The van der Waals surface area contributed by atoms with Gasteiger partial charge in [-0.05, 0) is 61.9 Å². The minimum absolute atomic E-state index is 0.489. The number of aromatic nitrogens is 3. The number of pyridine rings is 1. The number of fused-ring (bicyclic) bond motifs is 1. The minimum atomic E-state index is 0.489. The van der Waals surface area contributed by atoms with Crippen molar-refractivity contribution in [2.24, 2.45) is 0 Å². The van der Waals surface area contributed by atoms with Crippen molar-refractivity contribution in [3.05, 3.63) is 83.4 Å². The molecule has 0 aliphatic heterocycles. The molecule has 0 radical (unpaired) electrons. The normalized spacial score (nSPS) is 11.1. The predicted octanol–water partition coefficient (Wildman–Crippen LogP) is 6.56. The number of nitrogens with one attached hydrogen (secondary N) is 1. The Morgan fingerprint density at radius 1 is 1.00 bits per heavy atom. The molecule has 0 aliphatic rings. The summed E-state index contributed by atoms with van der Waals surface area (Å²) in [6.07, 6.45) is 7.26. The SMILES string of the molecule is C/C=C/c1ccc2ncnc(Nc3ccc(Oc4ccc(C)nc4)c(Cl)c3)c2c1. The zero-order valence-electron chi connectivity index (χ0n) is 16.1. The van der Waals surface area contributed by atoms with Gasteiger partial charge in [-0.2, -0.15) is 0 Å². The van der Waals surface area contributed by atoms with Gasteiger partial charge in [-0.15, -0.1) is 0 Å². The second kappa shape index (κ2) is 8.29. The Labute approximate surface area is 174 Å². The first-order valence-electron chi connectivity index (χ1n) is 9.17. The van der Waals surface area contributed by atoms with E-state index in [4.69, 9.17) is 16.3 Å². The largest absolute Gasteiger partial charge is 0.454 e. The van der Waals surface area contributed by atoms with Gasteiger partial charge in [0.1, 0.15) is 23.6 Å². The van der Waals surface area contributed by atoms with Crippen LogP contribution in [-0.4, -0.2) is 15.0 Å². The summed E-state index contributed by atoms with van der Waals surface area (Å²) >= 11 is 6.43. The lowest BCUT2D eigenvalue weighted by Gasteiger charge is -2.12. The third-order valence-electron chi connectivity index (χ3n) is 4.33. The molecular formula is C23H19ClN4O. The third kappa shape index (κ3) is 4.36. The monoisotopic (exact) mass is 402 g/mol. The van der Waals surface area contributed by atoms with Crippen molar-refractivity contribution in [2.45, 2.75) is 13.8 Å². The summed E-state index contributed by atoms with van der Waals surface area (Å²) < 4.78 is 5.83. The van der Waals surface area contributed by atoms with Gasteiger partial charge in [-0.3, -0.25) is 4.98 Å². The molecule has 2 heterocycles. The zero-order chi connectivity index (χ0) is 20.2. The van der Waals surface area contributed by atoms with Crippen LogP contribution in [0.3, 0.4) is 0 Å². The summed E-state index contributed by atoms with van der Waals surface area (Å²) in [6.45, 7) is 3.92. The Balaban J connectivity index is 1.60. The number of hydrogen-bond acceptors (Lipinski definition) is 5. The van der Waals surface area contributed by atoms with Crippen LogP contribution in [0.4, 0.5) is 11.5 Å². The number of hydrogen-bond donors (Lipinski definition) is 1. The molecule has 1 N–H and O–H groups in total. The number of nitrogens with zero attached hydrogens (tertiary/aromatic N) is 3. The van der Waals surface area contributed by atoms with Crippen LogP contribution >= 0.6 is 11.6 Å². The van der Waals surface area contributed by atoms with Crippen LogP contribution in [0.5, 0.6) is 11.5 Å². The molecular weight excluding hydrogens is 384 g/mol. The lowest BCUT2D eigenvalue weighted by atomic mass is 10.1. The van der Waals surface area contributed by atoms with Crippen LogP contribution in [-0.2, 0) is 0 Å². The fourth-order valence-electron chi connectivity index (χ4n) is 2.91. The topological polar surface area (TPSA) is 59.9 Å². The first-order valence-corrected chi connectivity index (χ1v) is 9.55. The fraction of sp³-hybridized carbons (Fsp3) is 0.0870. The maximum atomic E-state index is 6.43. The Hall–Kier alpha value is -3.44. The van der Waals surface area contributed by atoms with Gasteiger partial charge in [0, 0.05) is 16.8 Å². The summed E-state index contributed by atoms with van der Waals surface area (Å²) in [7, 11) is 0. The van der Waals surface area contributed by atoms with Crippen LogP contribution < -0.4 is 10.1 Å². The Kier molecular flexibility index (Phi) is 5.40. The van der Waals surface area contributed by atoms with Crippen molar-refractivity contribution in [3.8, 4) is 11.5 Å². The van der Waals surface area contributed by atoms with E-state index < -0.39 is 0 Å². The number of rotatable bonds is 5. The fourth-order valence-corrected chi connectivity index (χ4v) is 3.13. The average Bonchev–Trinajstić information content (AvgIpc) is 2.72. The molecule has 0 unspecified atom stereocenters. The molecule has 0 bridgehead atoms. The molecule has 0 saturated heterocycles. The molecule has 0 saturated carbocycles. The molecule has 0 atom stereocenters. The van der Waals surface area contributed by atoms with Gasteiger partial charge >= 0.3 is 0 Å². The second-order valence-electron chi connectivity index (χ2n) is 6.51. The van der Waals surface area contributed by atoms with Gasteiger partial charge in [0.05, 0.1) is 16.7 Å². The molecule has 6 heteroatoms. The Morgan fingerprint density at radius 3 is 2.66 bits per heavy atom. The second-order valence-corrected chi connectivity index (χ2v) is 6.91. The van der Waals surface area contributed by atoms with Gasteiger partial charge < -0.3 is 10.1 Å². The first kappa shape index (κ1) is 18.9. The predicted molar refractivity (Wildman–Crippen MR) is 118 cm³/mol. The van der Waals surface area contributed by atoms with Gasteiger partial charge in [-0.1, -0.05) is 29.8 Å². The molecule has 29 heavy (non-hydrogen) atoms. The molecule has 0 aliphatic carbocycles. The minimum Gasteiger partial charge on any atom is -0.454 e. The van der Waals surface area contributed by atoms with Crippen molar-refractivity contribution in [1.29, 1.82) is 0 Å². The maximum absolute atomic E-state index is 6.43. The highest BCUT2D eigenvalue weighted by Crippen LogP contribution is 2.33. The number of anilines is 2. The van der Waals surface area contributed by atoms with E-state index in [1.165, 1.54) is 0 Å². The van der Waals surface area contributed by atoms with E-state index in [0.717, 1.165) is 27.8 Å². The summed E-state index contributed by atoms with van der Waals surface area (Å²) in [5.74, 6) is 1.91. The van der Waals surface area contributed by atoms with Crippen LogP contribution in [0, 0.1) is 6.92 Å². The molecule has 2 aromatic carbocycles. The summed E-state index contributed by atoms with van der Waals surface area (Å²) in [6, 6.07) is 15.3. The molecule has 0 amide bonds. The summed E-state index contributed by atoms with van der Waals surface area (Å²) in [4.78, 5) is 13.0. The molecule has 0 fully saturated rings. The van der Waals surface area contributed by atoms with Crippen molar-refractivity contribution >= 4 is 40.1 Å². The molecule has 2 aromatic heterocycles. The Morgan fingerprint density at radius 2 is 1.90 bits per heavy atom. The lowest BCUT2D eigenvalue weighted by Crippen LogP contribution is -1.97. The van der Waals surface area contributed by atoms with E-state index in [-0.39, 0.29) is 0 Å². The summed E-state index contributed by atoms with van der Waals surface area (Å²) in [5.41, 5.74) is 3.69. The van der Waals surface area contributed by atoms with E-state index in [2.05, 4.69) is 26.3 Å². The molecule has 144 valence electrons. The van der Waals surface area contributed by atoms with E-state index in [0.29, 0.717) is 22.3 Å². The standard InChI is InChI=1S/C23H19ClN4O/c1-3-4-16-6-9-21-19(11-16)23(27-14-26-21)28-17-7-10-22(20(24)12-17)29-18-8-5-15(2)25-13-18/h3-14H,1-2H3,(H,26,27,28)/b4-3+. The van der Waals surface area contributed by atoms with Gasteiger partial charge in [0.15, 0.2) is 0 Å². The van der Waals surface area contributed by atoms with Crippen LogP contribution in [0.15, 0.2) is 67.1 Å². The number of halogens is 1. The highest BCUT2D eigenvalue weighted by atomic mass is 35.5. The number of aryl methyl sites for hydroxylation is 1. The van der Waals surface area contributed by atoms with E-state index >= 15 is 0 Å². The Bertz CT molecular complexity index is 1190. The molecule has 4 aromatic rings. The van der Waals surface area contributed by atoms with Gasteiger partial charge in [0.2, 0.25) is 0 Å². The van der Waals surface area contributed by atoms with E-state index in [1.807, 2.05) is 68.5 Å². The van der Waals surface area contributed by atoms with Gasteiger partial charge in [-0.25, -0.2) is 9.97 Å². The number of ether oxygens (including phenoxy) is 1. The number of benzene rings is 2. The molecule has 0 spiro atoms. The first-order chi connectivity index (χ1) is 14.1. The quantitative estimate of drug-likeness (QED) is 0.409. The number of allylic oxidation sites excluding steroid dienone is 1. The maximum Gasteiger partial charge on any atom is 0.146 e. The van der Waals surface area contributed by atoms with Gasteiger partial charge in [0.25, 0.3) is 0 Å². The van der Waals surface area contributed by atoms with Crippen LogP contribution in [0.25, 0.3) is 17.0 Å². The highest BCUT2D eigenvalue weighted by Gasteiger charge is 2.08. The zero-order valence-corrected chi connectivity index (χ0v) is 16.8. The van der Waals surface area contributed by atoms with Crippen molar-refractivity contribution < 1.29 is 4.74 Å². The molecule has 4 rings (SSSR count). The third-order valence-corrected chi connectivity index (χ3v) is 4.62. The highest BCUT2D eigenvalue weighted by molar-refractivity contribution is 6.32. The van der Waals surface area contributed by atoms with Crippen LogP contribution in [0.1, 0.15) is 18.2 Å². The van der Waals surface area contributed by atoms with Crippen LogP contribution in [0.2, 0.25) is 5.02 Å². The summed E-state index contributed by atoms with van der Waals surface area (Å²) in [5, 5.41) is 4.75. The average molecular weight is 403 g/mol. The van der Waals surface area contributed by atoms with Crippen molar-refractivity contribution in [3.63, 3.8) is 0 Å². The van der Waals surface area contributed by atoms with Crippen molar-refractivity contribution in [1.82, 2.24) is 15.0 Å². The van der Waals surface area contributed by atoms with Crippen molar-refractivity contribution in [2.75, 3.05) is 5.32 Å². The lowest BCUT2D eigenvalue weighted by molar-refractivity contribution is 0.480. The molecule has 5 nitrogen and oxygen atoms in total. The van der Waals surface area contributed by atoms with E-state index in [9.17, 15) is 0 Å². The van der Waals surface area contributed by atoms with E-state index in [1.54, 1.807) is 12.5 Å². The smallest absolute Gasteiger partial charge is 0.146 e.